The van der Waals surface area contributed by atoms with Gasteiger partial charge in [0.25, 0.3) is 0 Å². The topological polar surface area (TPSA) is 181 Å². The highest BCUT2D eigenvalue weighted by atomic mass is 31.2. The Labute approximate surface area is 464 Å². The summed E-state index contributed by atoms with van der Waals surface area (Å²) < 4.78 is 31.7. The van der Waals surface area contributed by atoms with Crippen LogP contribution in [-0.4, -0.2) is 56.4 Å². The highest BCUT2D eigenvalue weighted by Gasteiger charge is 2.49. The first-order chi connectivity index (χ1) is 34.6. The fraction of sp³-hybridized carbons (Fsp3) is 0.587. The van der Waals surface area contributed by atoms with Crippen molar-refractivity contribution in [3.63, 3.8) is 0 Å². The van der Waals surface area contributed by atoms with E-state index in [0.29, 0.717) is 45.1 Å². The van der Waals surface area contributed by atoms with Crippen LogP contribution in [0.15, 0.2) is 60.7 Å². The average Bonchev–Trinajstić information content (AvgIpc) is 3.25. The molecule has 14 heteroatoms. The number of hydrogen-bond donors (Lipinski definition) is 5. The number of hydrogen-bond acceptors (Lipinski definition) is 12. The van der Waals surface area contributed by atoms with Gasteiger partial charge in [-0.3, -0.25) is 0 Å². The van der Waals surface area contributed by atoms with E-state index in [0.717, 1.165) is 22.3 Å². The maximum atomic E-state index is 14.9. The van der Waals surface area contributed by atoms with Crippen molar-refractivity contribution in [2.75, 3.05) is 19.8 Å². The molecular weight excluding hydrogens is 1010 g/mol. The van der Waals surface area contributed by atoms with Crippen molar-refractivity contribution in [3.05, 3.63) is 122 Å². The highest BCUT2D eigenvalue weighted by molar-refractivity contribution is 7.39. The summed E-state index contributed by atoms with van der Waals surface area (Å²) in [5, 5.41) is 11.9. The monoisotopic (exact) mass is 1100 g/mol. The smallest absolute Gasteiger partial charge is 0.343 e. The number of ether oxygens (including phenoxy) is 3. The van der Waals surface area contributed by atoms with Gasteiger partial charge in [0.15, 0.2) is 0 Å². The second-order valence-electron chi connectivity index (χ2n) is 29.2. The van der Waals surface area contributed by atoms with Crippen molar-refractivity contribution in [2.45, 2.75) is 216 Å². The van der Waals surface area contributed by atoms with Gasteiger partial charge in [0, 0.05) is 27.8 Å². The second kappa shape index (κ2) is 23.4. The summed E-state index contributed by atoms with van der Waals surface area (Å²) in [6.45, 7) is 47.3. The molecule has 0 heterocycles. The van der Waals surface area contributed by atoms with E-state index >= 15 is 0 Å². The summed E-state index contributed by atoms with van der Waals surface area (Å²) in [5.41, 5.74) is 1.60. The summed E-state index contributed by atoms with van der Waals surface area (Å²) >= 11 is 0. The average molecular weight is 1110 g/mol. The van der Waals surface area contributed by atoms with Crippen LogP contribution < -0.4 is 14.2 Å². The maximum Gasteiger partial charge on any atom is 0.343 e. The van der Waals surface area contributed by atoms with Crippen LogP contribution in [0.3, 0.4) is 0 Å². The van der Waals surface area contributed by atoms with Gasteiger partial charge in [-0.25, -0.2) is 9.59 Å². The molecule has 4 aromatic rings. The molecule has 0 spiro atoms. The molecule has 4 rings (SSSR count). The molecule has 0 aliphatic rings. The zero-order valence-electron chi connectivity index (χ0n) is 51.0. The zero-order chi connectivity index (χ0) is 59.2. The number of carbonyl (C=O) groups is 2. The molecular formula is C63H94O12P2. The van der Waals surface area contributed by atoms with E-state index in [2.05, 4.69) is 95.2 Å². The third-order valence-electron chi connectivity index (χ3n) is 14.0. The molecule has 0 aliphatic carbocycles. The van der Waals surface area contributed by atoms with Gasteiger partial charge in [0.2, 0.25) is 0 Å². The highest BCUT2D eigenvalue weighted by Crippen LogP contribution is 2.53. The molecule has 5 N–H and O–H groups in total. The van der Waals surface area contributed by atoms with Crippen LogP contribution in [0.4, 0.5) is 0 Å². The first-order valence-corrected chi connectivity index (χ1v) is 29.0. The fourth-order valence-corrected chi connectivity index (χ4v) is 10.0. The molecule has 4 aromatic carbocycles. The Balaban J connectivity index is 2.19. The number of rotatable bonds is 15. The summed E-state index contributed by atoms with van der Waals surface area (Å²) in [4.78, 5) is 71.2. The van der Waals surface area contributed by atoms with Crippen LogP contribution in [0.2, 0.25) is 0 Å². The lowest BCUT2D eigenvalue weighted by atomic mass is 9.68. The predicted molar refractivity (Wildman–Crippen MR) is 313 cm³/mol. The Morgan fingerprint density at radius 3 is 0.987 bits per heavy atom. The SMILES string of the molecule is CC(C)(C)c1ccc(OC(=O)c2cc(C(C)(C)C)c(OC(c3c(C(C)(C)C)cc(C(=O)Oc4ccc(C(C)(C)C)cc4C(C)(C)C)cc3C(C)(C)C)C(CO)(COP(O)O)COP(O)O)c(C(C)(C)C)c2)c(C(C)(C)C)c1. The summed E-state index contributed by atoms with van der Waals surface area (Å²) in [6.07, 6.45) is -1.36. The quantitative estimate of drug-likeness (QED) is 0.0432. The van der Waals surface area contributed by atoms with E-state index < -0.39 is 82.1 Å². The minimum atomic E-state index is -3.02. The molecule has 12 nitrogen and oxygen atoms in total. The van der Waals surface area contributed by atoms with Gasteiger partial charge in [-0.15, -0.1) is 0 Å². The minimum Gasteiger partial charge on any atom is -0.484 e. The van der Waals surface area contributed by atoms with Gasteiger partial charge < -0.3 is 47.9 Å². The number of benzene rings is 4. The van der Waals surface area contributed by atoms with E-state index in [1.165, 1.54) is 0 Å². The normalized spacial score (nSPS) is 14.1. The number of aliphatic hydroxyl groups excluding tert-OH is 1. The van der Waals surface area contributed by atoms with Crippen molar-refractivity contribution in [3.8, 4) is 17.2 Å². The van der Waals surface area contributed by atoms with E-state index in [1.54, 1.807) is 24.3 Å². The first-order valence-electron chi connectivity index (χ1n) is 26.6. The molecule has 0 radical (unpaired) electrons. The Morgan fingerprint density at radius 2 is 0.727 bits per heavy atom. The van der Waals surface area contributed by atoms with Crippen molar-refractivity contribution < 1.29 is 57.5 Å². The maximum absolute atomic E-state index is 14.9. The molecule has 0 saturated heterocycles. The van der Waals surface area contributed by atoms with Crippen molar-refractivity contribution in [1.82, 2.24) is 0 Å². The molecule has 0 aromatic heterocycles. The van der Waals surface area contributed by atoms with Gasteiger partial charge in [0.05, 0.1) is 36.4 Å². The molecule has 1 atom stereocenters. The molecule has 77 heavy (non-hydrogen) atoms. The molecule has 0 saturated carbocycles. The van der Waals surface area contributed by atoms with Crippen LogP contribution >= 0.6 is 17.2 Å². The number of esters is 2. The van der Waals surface area contributed by atoms with Crippen LogP contribution in [0, 0.1) is 5.41 Å². The van der Waals surface area contributed by atoms with Gasteiger partial charge >= 0.3 is 29.1 Å². The van der Waals surface area contributed by atoms with Crippen LogP contribution in [0.5, 0.6) is 17.2 Å². The van der Waals surface area contributed by atoms with Crippen molar-refractivity contribution in [1.29, 1.82) is 0 Å². The molecule has 0 aliphatic heterocycles. The Hall–Kier alpha value is -3.80. The summed E-state index contributed by atoms with van der Waals surface area (Å²) in [5.74, 6) is 0.0713. The van der Waals surface area contributed by atoms with Gasteiger partial charge in [0.1, 0.15) is 23.4 Å². The van der Waals surface area contributed by atoms with E-state index in [9.17, 15) is 34.3 Å². The first kappa shape index (κ1) is 65.7. The van der Waals surface area contributed by atoms with Gasteiger partial charge in [-0.1, -0.05) is 190 Å². The minimum absolute atomic E-state index is 0.145. The zero-order valence-corrected chi connectivity index (χ0v) is 52.7. The van der Waals surface area contributed by atoms with Crippen molar-refractivity contribution in [2.24, 2.45) is 5.41 Å². The molecule has 1 unspecified atom stereocenters. The van der Waals surface area contributed by atoms with Gasteiger partial charge in [-0.2, -0.15) is 0 Å². The number of carbonyl (C=O) groups excluding carboxylic acids is 2. The lowest BCUT2D eigenvalue weighted by molar-refractivity contribution is -0.0674. The Kier molecular flexibility index (Phi) is 19.9. The lowest BCUT2D eigenvalue weighted by Gasteiger charge is -2.44. The Morgan fingerprint density at radius 1 is 0.429 bits per heavy atom. The largest absolute Gasteiger partial charge is 0.484 e. The van der Waals surface area contributed by atoms with Gasteiger partial charge in [-0.05, 0) is 102 Å². The van der Waals surface area contributed by atoms with E-state index in [1.807, 2.05) is 107 Å². The summed E-state index contributed by atoms with van der Waals surface area (Å²) in [6, 6.07) is 19.0. The standard InChI is InChI=1S/C63H94O12P2/c1-55(2,3)40-25-27-48(42(33-40)57(7,8)9)73-53(65)38-29-44(59(13,14)15)50(45(30-38)60(16,17)18)52(63(35-64,36-71-76(67)68)37-72-77(69)70)75-51-46(61(19,20)21)31-39(32-47(51)62(22,23)24)54(66)74-49-28-26-41(56(4,5)6)34-43(49)58(10,11)12/h25-34,52,64,67-70H,35-37H2,1-24H3. The van der Waals surface area contributed by atoms with E-state index in [4.69, 9.17) is 23.3 Å². The summed E-state index contributed by atoms with van der Waals surface area (Å²) in [7, 11) is -6.05. The lowest BCUT2D eigenvalue weighted by Crippen LogP contribution is -2.46. The molecule has 0 bridgehead atoms. The van der Waals surface area contributed by atoms with Crippen molar-refractivity contribution >= 4 is 29.1 Å². The third-order valence-corrected chi connectivity index (χ3v) is 14.7. The molecule has 0 amide bonds. The molecule has 0 fully saturated rings. The predicted octanol–water partition coefficient (Wildman–Crippen LogP) is 15.1. The Bertz CT molecular complexity index is 2650. The third kappa shape index (κ3) is 16.4. The molecule has 428 valence electrons. The van der Waals surface area contributed by atoms with E-state index in [-0.39, 0.29) is 32.8 Å². The van der Waals surface area contributed by atoms with Crippen LogP contribution in [0.25, 0.3) is 0 Å². The second-order valence-corrected chi connectivity index (χ2v) is 30.7. The fourth-order valence-electron chi connectivity index (χ4n) is 9.29. The van der Waals surface area contributed by atoms with Crippen LogP contribution in [0.1, 0.15) is 243 Å². The number of aliphatic hydroxyl groups is 1. The van der Waals surface area contributed by atoms with Crippen LogP contribution in [-0.2, 0) is 52.4 Å².